The van der Waals surface area contributed by atoms with Gasteiger partial charge in [0, 0.05) is 19.3 Å². The highest BCUT2D eigenvalue weighted by Crippen LogP contribution is 2.31. The predicted molar refractivity (Wildman–Crippen MR) is 109 cm³/mol. The van der Waals surface area contributed by atoms with Gasteiger partial charge in [-0.3, -0.25) is 4.79 Å². The van der Waals surface area contributed by atoms with E-state index in [0.717, 1.165) is 0 Å². The third kappa shape index (κ3) is 8.14. The summed E-state index contributed by atoms with van der Waals surface area (Å²) in [6.45, 7) is 0. The third-order valence-corrected chi connectivity index (χ3v) is 4.95. The number of nitrogens with one attached hydrogen (secondary N) is 1. The van der Waals surface area contributed by atoms with Crippen LogP contribution < -0.4 is 15.8 Å². The topological polar surface area (TPSA) is 229 Å². The molecule has 0 saturated carbocycles. The van der Waals surface area contributed by atoms with Crippen LogP contribution in [0.2, 0.25) is 0 Å². The second kappa shape index (κ2) is 11.8. The second-order valence-corrected chi connectivity index (χ2v) is 7.71. The number of ether oxygens (including phenoxy) is 2. The summed E-state index contributed by atoms with van der Waals surface area (Å²) < 4.78 is 10.7. The molecule has 1 aliphatic heterocycles. The molecule has 1 aromatic rings. The fourth-order valence-corrected chi connectivity index (χ4v) is 3.20. The molecule has 1 saturated heterocycles. The van der Waals surface area contributed by atoms with Crippen molar-refractivity contribution in [2.75, 3.05) is 0 Å². The first-order valence-corrected chi connectivity index (χ1v) is 10.2. The molecule has 1 aliphatic rings. The molecule has 0 aromatic heterocycles. The number of nitrogens with two attached hydrogens (primary N) is 1. The number of aliphatic carboxylic acids is 2. The van der Waals surface area contributed by atoms with Gasteiger partial charge >= 0.3 is 11.9 Å². The summed E-state index contributed by atoms with van der Waals surface area (Å²) in [5, 5.41) is 58.5. The molecular weight excluding hydrogens is 444 g/mol. The molecule has 13 nitrogen and oxygen atoms in total. The SMILES string of the molecule is N[C@@H](CCC(O)O)C(=O)N[C@@H](Cc1ccc(OC2C[C@@H](O)C[C@@H](C(=O)O)O2)c(O)c1)C(=O)O. The van der Waals surface area contributed by atoms with Gasteiger partial charge < -0.3 is 51.2 Å². The van der Waals surface area contributed by atoms with Crippen molar-refractivity contribution in [1.29, 1.82) is 0 Å². The largest absolute Gasteiger partial charge is 0.504 e. The van der Waals surface area contributed by atoms with E-state index in [-0.39, 0.29) is 43.6 Å². The Hall–Kier alpha value is -2.97. The average Bonchev–Trinajstić information content (AvgIpc) is 2.72. The lowest BCUT2D eigenvalue weighted by Gasteiger charge is -2.31. The Morgan fingerprint density at radius 3 is 2.45 bits per heavy atom. The van der Waals surface area contributed by atoms with Crippen LogP contribution in [0.1, 0.15) is 31.2 Å². The van der Waals surface area contributed by atoms with Crippen LogP contribution in [0.5, 0.6) is 11.5 Å². The smallest absolute Gasteiger partial charge is 0.333 e. The van der Waals surface area contributed by atoms with Crippen LogP contribution in [-0.2, 0) is 25.5 Å². The summed E-state index contributed by atoms with van der Waals surface area (Å²) in [5.41, 5.74) is 5.96. The van der Waals surface area contributed by atoms with Gasteiger partial charge in [0.1, 0.15) is 6.04 Å². The van der Waals surface area contributed by atoms with Gasteiger partial charge in [0.05, 0.1) is 12.1 Å². The van der Waals surface area contributed by atoms with Gasteiger partial charge in [-0.1, -0.05) is 6.07 Å². The number of carboxylic acids is 2. The molecule has 2 rings (SSSR count). The first-order valence-electron chi connectivity index (χ1n) is 10.2. The van der Waals surface area contributed by atoms with E-state index in [2.05, 4.69) is 5.32 Å². The Balaban J connectivity index is 2.01. The average molecular weight is 472 g/mol. The lowest BCUT2D eigenvalue weighted by Crippen LogP contribution is -2.49. The lowest BCUT2D eigenvalue weighted by molar-refractivity contribution is -0.195. The number of hydrogen-bond donors (Lipinski definition) is 8. The Kier molecular flexibility index (Phi) is 9.37. The van der Waals surface area contributed by atoms with Crippen LogP contribution in [-0.4, -0.2) is 85.4 Å². The number of aromatic hydroxyl groups is 1. The molecular formula is C20H28N2O11. The highest BCUT2D eigenvalue weighted by atomic mass is 16.7. The molecule has 0 aliphatic carbocycles. The normalized spacial score (nSPS) is 22.4. The molecule has 1 unspecified atom stereocenters. The molecule has 184 valence electrons. The minimum atomic E-state index is -1.64. The van der Waals surface area contributed by atoms with Gasteiger partial charge in [-0.15, -0.1) is 0 Å². The van der Waals surface area contributed by atoms with E-state index in [0.29, 0.717) is 5.56 Å². The minimum absolute atomic E-state index is 0.00828. The van der Waals surface area contributed by atoms with E-state index in [4.69, 9.17) is 30.5 Å². The van der Waals surface area contributed by atoms with Gasteiger partial charge in [-0.05, 0) is 30.5 Å². The lowest BCUT2D eigenvalue weighted by atomic mass is 10.0. The van der Waals surface area contributed by atoms with E-state index >= 15 is 0 Å². The molecule has 33 heavy (non-hydrogen) atoms. The number of carboxylic acid groups (broad SMARTS) is 2. The van der Waals surface area contributed by atoms with Crippen LogP contribution in [0.3, 0.4) is 0 Å². The number of carbonyl (C=O) groups excluding carboxylic acids is 1. The second-order valence-electron chi connectivity index (χ2n) is 7.71. The molecule has 1 aromatic carbocycles. The Morgan fingerprint density at radius 2 is 1.88 bits per heavy atom. The van der Waals surface area contributed by atoms with Gasteiger partial charge in [-0.25, -0.2) is 9.59 Å². The van der Waals surface area contributed by atoms with Crippen molar-refractivity contribution in [2.24, 2.45) is 5.73 Å². The van der Waals surface area contributed by atoms with Crippen molar-refractivity contribution in [2.45, 2.75) is 69.0 Å². The van der Waals surface area contributed by atoms with Gasteiger partial charge in [0.15, 0.2) is 23.9 Å². The number of phenols is 1. The summed E-state index contributed by atoms with van der Waals surface area (Å²) in [6, 6.07) is 1.46. The number of rotatable bonds is 11. The molecule has 1 heterocycles. The molecule has 1 amide bonds. The van der Waals surface area contributed by atoms with Crippen LogP contribution in [0.25, 0.3) is 0 Å². The van der Waals surface area contributed by atoms with Gasteiger partial charge in [0.25, 0.3) is 0 Å². The molecule has 0 spiro atoms. The van der Waals surface area contributed by atoms with E-state index in [1.807, 2.05) is 0 Å². The van der Waals surface area contributed by atoms with Crippen molar-refractivity contribution >= 4 is 17.8 Å². The monoisotopic (exact) mass is 472 g/mol. The zero-order valence-electron chi connectivity index (χ0n) is 17.5. The van der Waals surface area contributed by atoms with E-state index in [1.54, 1.807) is 0 Å². The predicted octanol–water partition coefficient (Wildman–Crippen LogP) is -1.75. The van der Waals surface area contributed by atoms with Crippen molar-refractivity contribution in [3.63, 3.8) is 0 Å². The number of amides is 1. The number of aliphatic hydroxyl groups excluding tert-OH is 2. The molecule has 13 heteroatoms. The van der Waals surface area contributed by atoms with Crippen LogP contribution in [0.15, 0.2) is 18.2 Å². The van der Waals surface area contributed by atoms with Gasteiger partial charge in [-0.2, -0.15) is 0 Å². The zero-order chi connectivity index (χ0) is 24.7. The number of hydrogen-bond acceptors (Lipinski definition) is 10. The highest BCUT2D eigenvalue weighted by molar-refractivity contribution is 5.86. The van der Waals surface area contributed by atoms with Crippen LogP contribution in [0, 0.1) is 0 Å². The van der Waals surface area contributed by atoms with E-state index in [9.17, 15) is 29.7 Å². The van der Waals surface area contributed by atoms with Crippen molar-refractivity contribution in [3.8, 4) is 11.5 Å². The zero-order valence-corrected chi connectivity index (χ0v) is 17.5. The Labute approximate surface area is 188 Å². The highest BCUT2D eigenvalue weighted by Gasteiger charge is 2.34. The first kappa shape index (κ1) is 26.3. The molecule has 9 N–H and O–H groups in total. The molecule has 5 atom stereocenters. The van der Waals surface area contributed by atoms with Crippen LogP contribution >= 0.6 is 0 Å². The summed E-state index contributed by atoms with van der Waals surface area (Å²) >= 11 is 0. The number of carbonyl (C=O) groups is 3. The third-order valence-electron chi connectivity index (χ3n) is 4.95. The Morgan fingerprint density at radius 1 is 1.18 bits per heavy atom. The molecule has 0 bridgehead atoms. The number of phenolic OH excluding ortho intramolecular Hbond substituents is 1. The van der Waals surface area contributed by atoms with Gasteiger partial charge in [0.2, 0.25) is 12.2 Å². The van der Waals surface area contributed by atoms with E-state index < -0.39 is 54.7 Å². The quantitative estimate of drug-likeness (QED) is 0.168. The summed E-state index contributed by atoms with van der Waals surface area (Å²) in [6.07, 6.45) is -5.50. The maximum Gasteiger partial charge on any atom is 0.333 e. The summed E-state index contributed by atoms with van der Waals surface area (Å²) in [5.74, 6) is -3.83. The maximum atomic E-state index is 12.1. The standard InChI is InChI=1S/C20H28N2O11/c21-11(2-4-16(25)26)18(27)22-12(19(28)29)5-9-1-3-14(13(24)6-9)32-17-8-10(23)7-15(33-17)20(30)31/h1,3,6,10-12,15-17,23-26H,2,4-5,7-8,21H2,(H,22,27)(H,28,29)(H,30,31)/t10-,11-,12-,15-,17?/m0/s1. The van der Waals surface area contributed by atoms with E-state index in [1.165, 1.54) is 18.2 Å². The minimum Gasteiger partial charge on any atom is -0.504 e. The Bertz CT molecular complexity index is 847. The van der Waals surface area contributed by atoms with Crippen LogP contribution in [0.4, 0.5) is 0 Å². The fourth-order valence-electron chi connectivity index (χ4n) is 3.20. The van der Waals surface area contributed by atoms with Crippen molar-refractivity contribution in [3.05, 3.63) is 23.8 Å². The van der Waals surface area contributed by atoms with Crippen molar-refractivity contribution in [1.82, 2.24) is 5.32 Å². The summed E-state index contributed by atoms with van der Waals surface area (Å²) in [7, 11) is 0. The number of aliphatic hydroxyl groups is 3. The van der Waals surface area contributed by atoms with Crippen molar-refractivity contribution < 1.29 is 54.5 Å². The molecule has 0 radical (unpaired) electrons. The molecule has 1 fully saturated rings. The first-order chi connectivity index (χ1) is 15.5. The maximum absolute atomic E-state index is 12.1. The fraction of sp³-hybridized carbons (Fsp3) is 0.550. The summed E-state index contributed by atoms with van der Waals surface area (Å²) in [4.78, 5) is 34.7. The number of benzene rings is 1.